The summed E-state index contributed by atoms with van der Waals surface area (Å²) in [6.45, 7) is 11.9. The van der Waals surface area contributed by atoms with Crippen molar-refractivity contribution in [3.05, 3.63) is 0 Å². The molecule has 10 atom stereocenters. The quantitative estimate of drug-likeness (QED) is 0.0665. The number of aliphatic hydroxyl groups is 5. The summed E-state index contributed by atoms with van der Waals surface area (Å²) in [5, 5.41) is 42.5. The van der Waals surface area contributed by atoms with Crippen LogP contribution >= 0.6 is 35.9 Å². The van der Waals surface area contributed by atoms with Crippen molar-refractivity contribution < 1.29 is 111 Å². The zero-order chi connectivity index (χ0) is 46.6. The van der Waals surface area contributed by atoms with Gasteiger partial charge in [-0.3, -0.25) is 13.7 Å². The minimum Gasteiger partial charge on any atom is -0.460 e. The van der Waals surface area contributed by atoms with E-state index in [-0.39, 0.29) is 26.2 Å². The van der Waals surface area contributed by atoms with Crippen molar-refractivity contribution in [2.45, 2.75) is 117 Å². The number of halogens is 2. The molecular weight excluding hydrogens is 873 g/mol. The first kappa shape index (κ1) is 62.2. The minimum absolute atomic E-state index is 0.0733. The molecule has 0 aromatic heterocycles. The molecule has 0 aliphatic carbocycles. The van der Waals surface area contributed by atoms with Gasteiger partial charge in [-0.15, -0.1) is 0 Å². The normalized spacial score (nSPS) is 19.2. The molecule has 23 nitrogen and oxygen atoms in total. The van der Waals surface area contributed by atoms with Gasteiger partial charge < -0.3 is 68.3 Å². The molecule has 1 saturated heterocycles. The van der Waals surface area contributed by atoms with Gasteiger partial charge in [0.1, 0.15) is 56.4 Å². The lowest BCUT2D eigenvalue weighted by Crippen LogP contribution is -2.40. The molecule has 27 heteroatoms. The third-order valence-electron chi connectivity index (χ3n) is 5.32. The fourth-order valence-corrected chi connectivity index (χ4v) is 4.42. The molecule has 58 heavy (non-hydrogen) atoms. The van der Waals surface area contributed by atoms with E-state index in [1.807, 2.05) is 0 Å². The Morgan fingerprint density at radius 1 is 0.672 bits per heavy atom. The van der Waals surface area contributed by atoms with Crippen LogP contribution in [-0.4, -0.2) is 168 Å². The fraction of sp³-hybridized carbons (Fsp3) is 0.806. The highest BCUT2D eigenvalue weighted by molar-refractivity contribution is 8.08. The fourth-order valence-electron chi connectivity index (χ4n) is 2.57. The Kier molecular flexibility index (Phi) is 35.6. The first-order valence-corrected chi connectivity index (χ1v) is 22.3. The third-order valence-corrected chi connectivity index (χ3v) is 7.69. The molecule has 0 amide bonds. The second-order valence-electron chi connectivity index (χ2n) is 11.8. The van der Waals surface area contributed by atoms with Crippen LogP contribution in [0.5, 0.6) is 0 Å². The monoisotopic (exact) mass is 930 g/mol. The number of hydrogen-bond acceptors (Lipinski definition) is 22. The van der Waals surface area contributed by atoms with Crippen molar-refractivity contribution >= 4 is 71.7 Å². The molecule has 1 aliphatic rings. The summed E-state index contributed by atoms with van der Waals surface area (Å²) in [5.41, 5.74) is 0. The Morgan fingerprint density at radius 2 is 1.00 bits per heavy atom. The van der Waals surface area contributed by atoms with Gasteiger partial charge >= 0.3 is 43.4 Å². The van der Waals surface area contributed by atoms with Crippen molar-refractivity contribution in [3.8, 4) is 0 Å². The molecule has 0 bridgehead atoms. The predicted molar refractivity (Wildman–Crippen MR) is 201 cm³/mol. The van der Waals surface area contributed by atoms with E-state index >= 15 is 0 Å². The minimum atomic E-state index is -4.03. The van der Waals surface area contributed by atoms with Crippen molar-refractivity contribution in [2.24, 2.45) is 0 Å². The average Bonchev–Trinajstić information content (AvgIpc) is 3.08. The third kappa shape index (κ3) is 37.7. The van der Waals surface area contributed by atoms with Gasteiger partial charge in [-0.1, -0.05) is 0 Å². The van der Waals surface area contributed by atoms with Gasteiger partial charge in [-0.05, 0) is 84.8 Å². The van der Waals surface area contributed by atoms with E-state index in [1.165, 1.54) is 76.5 Å². The van der Waals surface area contributed by atoms with Gasteiger partial charge in [0.05, 0.1) is 12.7 Å². The van der Waals surface area contributed by atoms with Gasteiger partial charge in [0, 0.05) is 14.2 Å². The maximum atomic E-state index is 11.5. The number of rotatable bonds is 17. The molecule has 0 saturated carbocycles. The summed E-state index contributed by atoms with van der Waals surface area (Å²) in [7, 11) is -1.43. The Labute approximate surface area is 345 Å². The van der Waals surface area contributed by atoms with E-state index in [2.05, 4.69) is 28.2 Å². The van der Waals surface area contributed by atoms with Gasteiger partial charge in [0.25, 0.3) is 5.85 Å². The lowest BCUT2D eigenvalue weighted by molar-refractivity contribution is -0.191. The standard InChI is InChI=1S/C11H21O9P.C9H16O6.C6H8O4.C3H8O2.C2H5Cl2O2P/c1-7(19-10(13)8(2)12)5-18-11(14)9(3)20-21(15,16)6-17-4;1-5(15-9(13)7(3)11)4-14-8(12)6(2)10;1-3-5(7)10-4(2)6(8)9-3;1-3(5)2-4;1-6-2-7(3,4)5/h7-9,12H,5-6H2,1-4H3,(H,15,16);5-7,10-11H,4H2,1-3H3;3-4H,1-2H3;3-5H,2H2,1H3;2H2,1H3/t7?,8-,9-;5?,6-,7-;3-,4+;;/m11.../s1. The summed E-state index contributed by atoms with van der Waals surface area (Å²) in [4.78, 5) is 74.9. The van der Waals surface area contributed by atoms with Gasteiger partial charge in [-0.2, -0.15) is 0 Å². The predicted octanol–water partition coefficient (Wildman–Crippen LogP) is 0.743. The molecule has 0 aromatic rings. The van der Waals surface area contributed by atoms with Crippen LogP contribution in [0.3, 0.4) is 0 Å². The van der Waals surface area contributed by atoms with Gasteiger partial charge in [0.2, 0.25) is 0 Å². The van der Waals surface area contributed by atoms with Crippen molar-refractivity contribution in [1.29, 1.82) is 0 Å². The molecular formula is C31H58Cl2O23P2. The molecule has 4 unspecified atom stereocenters. The van der Waals surface area contributed by atoms with E-state index in [1.54, 1.807) is 0 Å². The van der Waals surface area contributed by atoms with Crippen LogP contribution in [0.4, 0.5) is 0 Å². The Balaban J connectivity index is -0.000000342. The van der Waals surface area contributed by atoms with Gasteiger partial charge in [0.15, 0.2) is 18.3 Å². The zero-order valence-corrected chi connectivity index (χ0v) is 37.3. The number of hydrogen-bond donors (Lipinski definition) is 6. The summed E-state index contributed by atoms with van der Waals surface area (Å²) < 4.78 is 63.1. The van der Waals surface area contributed by atoms with Crippen molar-refractivity contribution in [1.82, 2.24) is 0 Å². The Bertz CT molecular complexity index is 1290. The molecule has 0 radical (unpaired) electrons. The molecule has 6 N–H and O–H groups in total. The number of carbonyl (C=O) groups is 6. The summed E-state index contributed by atoms with van der Waals surface area (Å²) in [6, 6.07) is 0. The van der Waals surface area contributed by atoms with Crippen molar-refractivity contribution in [3.63, 3.8) is 0 Å². The number of methoxy groups -OCH3 is 2. The van der Waals surface area contributed by atoms with E-state index in [9.17, 15) is 42.8 Å². The van der Waals surface area contributed by atoms with Crippen LogP contribution in [0, 0.1) is 0 Å². The lowest BCUT2D eigenvalue weighted by atomic mass is 10.3. The summed E-state index contributed by atoms with van der Waals surface area (Å²) >= 11 is 10.1. The molecule has 344 valence electrons. The number of cyclic esters (lactones) is 2. The Hall–Kier alpha value is -2.50. The van der Waals surface area contributed by atoms with Crippen LogP contribution in [-0.2, 0) is 80.3 Å². The summed E-state index contributed by atoms with van der Waals surface area (Å²) in [5.74, 6) is -7.20. The second-order valence-corrected chi connectivity index (χ2v) is 18.7. The lowest BCUT2D eigenvalue weighted by Gasteiger charge is -2.22. The molecule has 1 rings (SSSR count). The van der Waals surface area contributed by atoms with Crippen LogP contribution in [0.1, 0.15) is 62.3 Å². The highest BCUT2D eigenvalue weighted by Gasteiger charge is 2.32. The molecule has 1 heterocycles. The van der Waals surface area contributed by atoms with Gasteiger partial charge in [-0.25, -0.2) is 28.8 Å². The maximum Gasteiger partial charge on any atom is 0.354 e. The Morgan fingerprint density at radius 3 is 1.26 bits per heavy atom. The van der Waals surface area contributed by atoms with Crippen LogP contribution < -0.4 is 0 Å². The van der Waals surface area contributed by atoms with E-state index in [0.29, 0.717) is 0 Å². The first-order chi connectivity index (χ1) is 26.4. The second kappa shape index (κ2) is 33.2. The summed E-state index contributed by atoms with van der Waals surface area (Å²) in [6.07, 6.45) is -9.08. The molecule has 0 aromatic carbocycles. The number of carbonyl (C=O) groups excluding carboxylic acids is 6. The average molecular weight is 932 g/mol. The van der Waals surface area contributed by atoms with E-state index in [0.717, 1.165) is 0 Å². The smallest absolute Gasteiger partial charge is 0.354 e. The highest BCUT2D eigenvalue weighted by Crippen LogP contribution is 2.56. The molecule has 1 fully saturated rings. The van der Waals surface area contributed by atoms with Crippen LogP contribution in [0.15, 0.2) is 0 Å². The van der Waals surface area contributed by atoms with Crippen LogP contribution in [0.25, 0.3) is 0 Å². The molecule has 1 aliphatic heterocycles. The van der Waals surface area contributed by atoms with Crippen LogP contribution in [0.2, 0.25) is 0 Å². The molecule has 0 spiro atoms. The van der Waals surface area contributed by atoms with Crippen molar-refractivity contribution in [2.75, 3.05) is 46.7 Å². The van der Waals surface area contributed by atoms with E-state index in [4.69, 9.17) is 62.2 Å². The number of ether oxygens (including phenoxy) is 8. The topological polar surface area (TPSA) is 341 Å². The maximum absolute atomic E-state index is 11.5. The highest BCUT2D eigenvalue weighted by atomic mass is 35.9. The largest absolute Gasteiger partial charge is 0.460 e. The first-order valence-electron chi connectivity index (χ1n) is 16.8. The zero-order valence-electron chi connectivity index (χ0n) is 34.0. The van der Waals surface area contributed by atoms with E-state index < -0.39 is 111 Å². The number of esters is 6. The number of aliphatic hydroxyl groups excluding tert-OH is 5. The SMILES string of the molecule is CC(COC(=O)[C@@H](C)O)OC(=O)[C@@H](C)O.CC(O)CO.COCP(=O)(Cl)Cl.COCP(=O)(O)O[C@H](C)C(=O)OCC(C)OC(=O)[C@@H](C)O.C[C@@H]1OC(=O)[C@@H](C)OC1=O.